The summed E-state index contributed by atoms with van der Waals surface area (Å²) in [5, 5.41) is 18.1. The van der Waals surface area contributed by atoms with E-state index in [1.807, 2.05) is 30.3 Å². The molecule has 5 nitrogen and oxygen atoms in total. The summed E-state index contributed by atoms with van der Waals surface area (Å²) in [6, 6.07) is 11.3. The molecule has 1 aliphatic heterocycles. The van der Waals surface area contributed by atoms with Gasteiger partial charge in [-0.1, -0.05) is 18.2 Å². The molecule has 1 heterocycles. The van der Waals surface area contributed by atoms with E-state index in [-0.39, 0.29) is 19.1 Å². The highest BCUT2D eigenvalue weighted by atomic mass is 16.3. The van der Waals surface area contributed by atoms with Gasteiger partial charge < -0.3 is 5.11 Å². The van der Waals surface area contributed by atoms with Crippen molar-refractivity contribution in [3.63, 3.8) is 0 Å². The SMILES string of the molecule is N#CCN(C(=O)CN1CCC(CO)CC1)c1ccccc1. The van der Waals surface area contributed by atoms with Crippen LogP contribution in [0.2, 0.25) is 0 Å². The highest BCUT2D eigenvalue weighted by Gasteiger charge is 2.23. The molecule has 0 saturated carbocycles. The molecule has 0 aliphatic carbocycles. The van der Waals surface area contributed by atoms with Gasteiger partial charge in [-0.2, -0.15) is 5.26 Å². The van der Waals surface area contributed by atoms with Gasteiger partial charge in [-0.15, -0.1) is 0 Å². The Kier molecular flexibility index (Phi) is 5.73. The largest absolute Gasteiger partial charge is 0.396 e. The summed E-state index contributed by atoms with van der Waals surface area (Å²) in [5.74, 6) is 0.311. The first-order chi connectivity index (χ1) is 10.2. The molecule has 21 heavy (non-hydrogen) atoms. The van der Waals surface area contributed by atoms with E-state index in [1.54, 1.807) is 0 Å². The summed E-state index contributed by atoms with van der Waals surface area (Å²) < 4.78 is 0. The highest BCUT2D eigenvalue weighted by Crippen LogP contribution is 2.18. The molecule has 1 saturated heterocycles. The molecular weight excluding hydrogens is 266 g/mol. The molecule has 2 rings (SSSR count). The Morgan fingerprint density at radius 3 is 2.57 bits per heavy atom. The minimum Gasteiger partial charge on any atom is -0.396 e. The van der Waals surface area contributed by atoms with Crippen LogP contribution in [0.4, 0.5) is 5.69 Å². The standard InChI is InChI=1S/C16H21N3O2/c17-8-11-19(15-4-2-1-3-5-15)16(21)12-18-9-6-14(13-20)7-10-18/h1-5,14,20H,6-7,9-13H2. The van der Waals surface area contributed by atoms with Crippen molar-refractivity contribution in [3.8, 4) is 6.07 Å². The van der Waals surface area contributed by atoms with Gasteiger partial charge in [-0.25, -0.2) is 0 Å². The zero-order chi connectivity index (χ0) is 15.1. The number of nitrogens with zero attached hydrogens (tertiary/aromatic N) is 3. The smallest absolute Gasteiger partial charge is 0.242 e. The fourth-order valence-corrected chi connectivity index (χ4v) is 2.61. The molecule has 112 valence electrons. The number of anilines is 1. The molecular formula is C16H21N3O2. The van der Waals surface area contributed by atoms with Crippen LogP contribution in [0.15, 0.2) is 30.3 Å². The number of benzene rings is 1. The van der Waals surface area contributed by atoms with E-state index in [9.17, 15) is 4.79 Å². The van der Waals surface area contributed by atoms with Gasteiger partial charge in [-0.3, -0.25) is 14.6 Å². The number of nitriles is 1. The minimum absolute atomic E-state index is 0.0507. The normalized spacial score (nSPS) is 16.4. The quantitative estimate of drug-likeness (QED) is 0.828. The van der Waals surface area contributed by atoms with Crippen LogP contribution in [0.1, 0.15) is 12.8 Å². The van der Waals surface area contributed by atoms with E-state index >= 15 is 0 Å². The number of aliphatic hydroxyl groups excluding tert-OH is 1. The van der Waals surface area contributed by atoms with E-state index in [1.165, 1.54) is 4.90 Å². The van der Waals surface area contributed by atoms with Crippen LogP contribution < -0.4 is 4.90 Å². The lowest BCUT2D eigenvalue weighted by molar-refractivity contribution is -0.120. The Hall–Kier alpha value is -1.90. The van der Waals surface area contributed by atoms with Gasteiger partial charge in [-0.05, 0) is 44.0 Å². The number of amides is 1. The van der Waals surface area contributed by atoms with Gasteiger partial charge in [0, 0.05) is 12.3 Å². The first-order valence-electron chi connectivity index (χ1n) is 7.30. The maximum absolute atomic E-state index is 12.4. The van der Waals surface area contributed by atoms with Crippen LogP contribution in [-0.2, 0) is 4.79 Å². The van der Waals surface area contributed by atoms with Gasteiger partial charge >= 0.3 is 0 Å². The highest BCUT2D eigenvalue weighted by molar-refractivity contribution is 5.95. The first kappa shape index (κ1) is 15.5. The topological polar surface area (TPSA) is 67.6 Å². The summed E-state index contributed by atoms with van der Waals surface area (Å²) >= 11 is 0. The maximum Gasteiger partial charge on any atom is 0.242 e. The second-order valence-corrected chi connectivity index (χ2v) is 5.38. The van der Waals surface area contributed by atoms with Gasteiger partial charge in [0.1, 0.15) is 6.54 Å². The molecule has 1 amide bonds. The Balaban J connectivity index is 1.95. The van der Waals surface area contributed by atoms with E-state index in [0.717, 1.165) is 31.6 Å². The predicted molar refractivity (Wildman–Crippen MR) is 80.7 cm³/mol. The van der Waals surface area contributed by atoms with Crippen molar-refractivity contribution in [1.82, 2.24) is 4.90 Å². The number of hydrogen-bond acceptors (Lipinski definition) is 4. The number of carbonyl (C=O) groups excluding carboxylic acids is 1. The number of likely N-dealkylation sites (tertiary alicyclic amines) is 1. The van der Waals surface area contributed by atoms with Crippen molar-refractivity contribution in [2.24, 2.45) is 5.92 Å². The second kappa shape index (κ2) is 7.77. The molecule has 0 aromatic heterocycles. The number of hydrogen-bond donors (Lipinski definition) is 1. The average molecular weight is 287 g/mol. The van der Waals surface area contributed by atoms with Crippen molar-refractivity contribution in [3.05, 3.63) is 30.3 Å². The second-order valence-electron chi connectivity index (χ2n) is 5.38. The zero-order valence-corrected chi connectivity index (χ0v) is 12.1. The first-order valence-corrected chi connectivity index (χ1v) is 7.30. The lowest BCUT2D eigenvalue weighted by Gasteiger charge is -2.32. The van der Waals surface area contributed by atoms with Crippen LogP contribution in [0.3, 0.4) is 0 Å². The van der Waals surface area contributed by atoms with Crippen molar-refractivity contribution >= 4 is 11.6 Å². The van der Waals surface area contributed by atoms with Crippen LogP contribution in [-0.4, -0.2) is 48.7 Å². The molecule has 1 aromatic carbocycles. The molecule has 0 bridgehead atoms. The van der Waals surface area contributed by atoms with Crippen molar-refractivity contribution < 1.29 is 9.90 Å². The minimum atomic E-state index is -0.0507. The summed E-state index contributed by atoms with van der Waals surface area (Å²) in [5.41, 5.74) is 0.759. The molecule has 1 fully saturated rings. The van der Waals surface area contributed by atoms with E-state index < -0.39 is 0 Å². The Labute approximate surface area is 125 Å². The lowest BCUT2D eigenvalue weighted by Crippen LogP contribution is -2.44. The molecule has 1 aromatic rings. The molecule has 0 atom stereocenters. The average Bonchev–Trinajstić information content (AvgIpc) is 2.54. The Bertz CT molecular complexity index is 490. The third-order valence-corrected chi connectivity index (χ3v) is 3.92. The predicted octanol–water partition coefficient (Wildman–Crippen LogP) is 1.25. The van der Waals surface area contributed by atoms with Crippen LogP contribution in [0.25, 0.3) is 0 Å². The molecule has 1 N–H and O–H groups in total. The summed E-state index contributed by atoms with van der Waals surface area (Å²) in [6.45, 7) is 2.27. The number of rotatable bonds is 5. The molecule has 1 aliphatic rings. The van der Waals surface area contributed by atoms with Crippen molar-refractivity contribution in [1.29, 1.82) is 5.26 Å². The van der Waals surface area contributed by atoms with E-state index in [2.05, 4.69) is 11.0 Å². The third-order valence-electron chi connectivity index (χ3n) is 3.92. The zero-order valence-electron chi connectivity index (χ0n) is 12.1. The lowest BCUT2D eigenvalue weighted by atomic mass is 9.98. The maximum atomic E-state index is 12.4. The molecule has 0 unspecified atom stereocenters. The van der Waals surface area contributed by atoms with E-state index in [0.29, 0.717) is 12.5 Å². The fourth-order valence-electron chi connectivity index (χ4n) is 2.61. The van der Waals surface area contributed by atoms with Gasteiger partial charge in [0.05, 0.1) is 12.6 Å². The van der Waals surface area contributed by atoms with Crippen LogP contribution >= 0.6 is 0 Å². The molecule has 0 radical (unpaired) electrons. The molecule has 5 heteroatoms. The molecule has 0 spiro atoms. The number of aliphatic hydroxyl groups is 1. The summed E-state index contributed by atoms with van der Waals surface area (Å²) in [6.07, 6.45) is 1.85. The summed E-state index contributed by atoms with van der Waals surface area (Å²) in [4.78, 5) is 16.1. The number of piperidine rings is 1. The van der Waals surface area contributed by atoms with Crippen molar-refractivity contribution in [2.45, 2.75) is 12.8 Å². The van der Waals surface area contributed by atoms with Gasteiger partial charge in [0.15, 0.2) is 0 Å². The van der Waals surface area contributed by atoms with Gasteiger partial charge in [0.2, 0.25) is 5.91 Å². The van der Waals surface area contributed by atoms with Crippen LogP contribution in [0, 0.1) is 17.2 Å². The van der Waals surface area contributed by atoms with Crippen LogP contribution in [0.5, 0.6) is 0 Å². The monoisotopic (exact) mass is 287 g/mol. The van der Waals surface area contributed by atoms with Gasteiger partial charge in [0.25, 0.3) is 0 Å². The Morgan fingerprint density at radius 1 is 1.33 bits per heavy atom. The summed E-state index contributed by atoms with van der Waals surface area (Å²) in [7, 11) is 0. The van der Waals surface area contributed by atoms with Crippen molar-refractivity contribution in [2.75, 3.05) is 37.7 Å². The fraction of sp³-hybridized carbons (Fsp3) is 0.500. The Morgan fingerprint density at radius 2 is 2.00 bits per heavy atom. The van der Waals surface area contributed by atoms with E-state index in [4.69, 9.17) is 10.4 Å². The number of carbonyl (C=O) groups is 1. The number of para-hydroxylation sites is 1. The third kappa shape index (κ3) is 4.28.